The van der Waals surface area contributed by atoms with E-state index in [1.807, 2.05) is 0 Å². The van der Waals surface area contributed by atoms with Crippen LogP contribution in [-0.4, -0.2) is 51.9 Å². The summed E-state index contributed by atoms with van der Waals surface area (Å²) in [5.41, 5.74) is 3.35. The molecule has 10 nitrogen and oxygen atoms in total. The number of carbonyl (C=O) groups excluding carboxylic acids is 2. The summed E-state index contributed by atoms with van der Waals surface area (Å²) >= 11 is 0. The third-order valence-electron chi connectivity index (χ3n) is 5.58. The summed E-state index contributed by atoms with van der Waals surface area (Å²) in [4.78, 5) is 34.8. The first-order chi connectivity index (χ1) is 15.6. The van der Waals surface area contributed by atoms with Crippen molar-refractivity contribution in [2.45, 2.75) is 32.0 Å². The van der Waals surface area contributed by atoms with Crippen LogP contribution >= 0.6 is 0 Å². The monoisotopic (exact) mass is 435 g/mol. The normalized spacial score (nSPS) is 17.4. The van der Waals surface area contributed by atoms with Gasteiger partial charge in [-0.2, -0.15) is 5.10 Å². The predicted molar refractivity (Wildman–Crippen MR) is 112 cm³/mol. The maximum Gasteiger partial charge on any atom is 0.306 e. The lowest BCUT2D eigenvalue weighted by molar-refractivity contribution is -0.141. The highest BCUT2D eigenvalue weighted by Gasteiger charge is 2.31. The van der Waals surface area contributed by atoms with Crippen molar-refractivity contribution in [3.8, 4) is 22.9 Å². The summed E-state index contributed by atoms with van der Waals surface area (Å²) in [6.45, 7) is 0.808. The first-order valence-corrected chi connectivity index (χ1v) is 10.2. The average Bonchev–Trinajstić information content (AvgIpc) is 3.52. The smallest absolute Gasteiger partial charge is 0.306 e. The lowest BCUT2D eigenvalue weighted by Gasteiger charge is -2.12. The number of esters is 1. The van der Waals surface area contributed by atoms with E-state index in [1.165, 1.54) is 7.11 Å². The third kappa shape index (κ3) is 3.53. The molecule has 5 heterocycles. The Hall–Kier alpha value is -3.95. The Bertz CT molecular complexity index is 1210. The van der Waals surface area contributed by atoms with Gasteiger partial charge in [-0.15, -0.1) is 0 Å². The molecule has 0 aliphatic carbocycles. The minimum Gasteiger partial charge on any atom is -0.491 e. The molecule has 0 bridgehead atoms. The SMILES string of the molecule is COc1cc(-c2ccc3c(n2)CN(c2cnn(CC4CCC(=O)O4)c2)C3=O)cnc1OC. The van der Waals surface area contributed by atoms with Crippen LogP contribution in [0.5, 0.6) is 11.6 Å². The predicted octanol–water partition coefficient (Wildman–Crippen LogP) is 2.22. The van der Waals surface area contributed by atoms with Crippen LogP contribution in [0.25, 0.3) is 11.3 Å². The van der Waals surface area contributed by atoms with Gasteiger partial charge in [0.1, 0.15) is 6.10 Å². The van der Waals surface area contributed by atoms with Crippen molar-refractivity contribution in [3.05, 3.63) is 48.0 Å². The van der Waals surface area contributed by atoms with Crippen molar-refractivity contribution >= 4 is 17.6 Å². The zero-order valence-corrected chi connectivity index (χ0v) is 17.6. The van der Waals surface area contributed by atoms with Gasteiger partial charge in [-0.1, -0.05) is 0 Å². The highest BCUT2D eigenvalue weighted by atomic mass is 16.5. The van der Waals surface area contributed by atoms with Crippen LogP contribution in [0.4, 0.5) is 5.69 Å². The molecule has 1 amide bonds. The molecule has 3 aromatic heterocycles. The molecule has 0 N–H and O–H groups in total. The Morgan fingerprint density at radius 3 is 2.81 bits per heavy atom. The van der Waals surface area contributed by atoms with E-state index in [0.717, 1.165) is 5.56 Å². The molecule has 0 spiro atoms. The lowest BCUT2D eigenvalue weighted by atomic mass is 10.1. The molecule has 164 valence electrons. The van der Waals surface area contributed by atoms with Gasteiger partial charge >= 0.3 is 5.97 Å². The molecule has 0 aromatic carbocycles. The van der Waals surface area contributed by atoms with E-state index in [1.54, 1.807) is 53.5 Å². The molecule has 1 unspecified atom stereocenters. The number of aromatic nitrogens is 4. The number of pyridine rings is 2. The van der Waals surface area contributed by atoms with Crippen LogP contribution in [0.1, 0.15) is 28.9 Å². The molecule has 1 atom stereocenters. The van der Waals surface area contributed by atoms with Gasteiger partial charge in [0.2, 0.25) is 0 Å². The maximum atomic E-state index is 13.0. The van der Waals surface area contributed by atoms with E-state index in [-0.39, 0.29) is 18.0 Å². The molecule has 0 radical (unpaired) electrons. The van der Waals surface area contributed by atoms with Crippen molar-refractivity contribution < 1.29 is 23.8 Å². The van der Waals surface area contributed by atoms with Crippen LogP contribution < -0.4 is 14.4 Å². The van der Waals surface area contributed by atoms with Gasteiger partial charge in [0.15, 0.2) is 5.75 Å². The number of carbonyl (C=O) groups is 2. The van der Waals surface area contributed by atoms with Gasteiger partial charge < -0.3 is 14.2 Å². The number of nitrogens with zero attached hydrogens (tertiary/aromatic N) is 5. The summed E-state index contributed by atoms with van der Waals surface area (Å²) in [5, 5.41) is 4.32. The van der Waals surface area contributed by atoms with Crippen LogP contribution in [0.15, 0.2) is 36.8 Å². The third-order valence-corrected chi connectivity index (χ3v) is 5.58. The van der Waals surface area contributed by atoms with E-state index in [4.69, 9.17) is 19.2 Å². The number of amides is 1. The average molecular weight is 435 g/mol. The van der Waals surface area contributed by atoms with Gasteiger partial charge in [-0.3, -0.25) is 24.2 Å². The van der Waals surface area contributed by atoms with Gasteiger partial charge in [0.25, 0.3) is 11.8 Å². The number of hydrogen-bond donors (Lipinski definition) is 0. The highest BCUT2D eigenvalue weighted by molar-refractivity contribution is 6.09. The fourth-order valence-electron chi connectivity index (χ4n) is 3.94. The molecule has 3 aromatic rings. The van der Waals surface area contributed by atoms with Crippen molar-refractivity contribution in [3.63, 3.8) is 0 Å². The number of fused-ring (bicyclic) bond motifs is 1. The van der Waals surface area contributed by atoms with Gasteiger partial charge in [0.05, 0.1) is 56.1 Å². The molecular weight excluding hydrogens is 414 g/mol. The largest absolute Gasteiger partial charge is 0.491 e. The van der Waals surface area contributed by atoms with Gasteiger partial charge in [-0.05, 0) is 24.6 Å². The fraction of sp³-hybridized carbons (Fsp3) is 0.318. The zero-order valence-electron chi connectivity index (χ0n) is 17.6. The first-order valence-electron chi connectivity index (χ1n) is 10.2. The molecule has 10 heteroatoms. The summed E-state index contributed by atoms with van der Waals surface area (Å²) in [5.74, 6) is 0.587. The first kappa shape index (κ1) is 20.0. The second kappa shape index (κ2) is 7.95. The van der Waals surface area contributed by atoms with E-state index >= 15 is 0 Å². The second-order valence-corrected chi connectivity index (χ2v) is 7.59. The Labute approximate surface area is 183 Å². The van der Waals surface area contributed by atoms with Gasteiger partial charge in [-0.25, -0.2) is 4.98 Å². The number of methoxy groups -OCH3 is 2. The fourth-order valence-corrected chi connectivity index (χ4v) is 3.94. The van der Waals surface area contributed by atoms with Crippen molar-refractivity contribution in [2.75, 3.05) is 19.1 Å². The minimum atomic E-state index is -0.181. The molecular formula is C22H21N5O5. The van der Waals surface area contributed by atoms with Crippen molar-refractivity contribution in [1.82, 2.24) is 19.7 Å². The van der Waals surface area contributed by atoms with Crippen molar-refractivity contribution in [1.29, 1.82) is 0 Å². The zero-order chi connectivity index (χ0) is 22.2. The van der Waals surface area contributed by atoms with Crippen LogP contribution in [0, 0.1) is 0 Å². The molecule has 1 saturated heterocycles. The topological polar surface area (TPSA) is 109 Å². The van der Waals surface area contributed by atoms with E-state index in [9.17, 15) is 9.59 Å². The van der Waals surface area contributed by atoms with Gasteiger partial charge in [0, 0.05) is 24.4 Å². The summed E-state index contributed by atoms with van der Waals surface area (Å²) in [7, 11) is 3.08. The molecule has 1 fully saturated rings. The van der Waals surface area contributed by atoms with Crippen LogP contribution in [0.3, 0.4) is 0 Å². The molecule has 5 rings (SSSR count). The number of anilines is 1. The number of hydrogen-bond acceptors (Lipinski definition) is 8. The second-order valence-electron chi connectivity index (χ2n) is 7.59. The van der Waals surface area contributed by atoms with E-state index in [2.05, 4.69) is 10.1 Å². The standard InChI is InChI=1S/C22H21N5O5/c1-30-19-7-13(8-23-21(19)31-2)17-5-4-16-18(25-17)12-27(22(16)29)14-9-24-26(10-14)11-15-3-6-20(28)32-15/h4-5,7-10,15H,3,6,11-12H2,1-2H3. The van der Waals surface area contributed by atoms with Crippen LogP contribution in [-0.2, 0) is 22.6 Å². The quantitative estimate of drug-likeness (QED) is 0.543. The Kier molecular flexibility index (Phi) is 4.96. The Morgan fingerprint density at radius 2 is 2.06 bits per heavy atom. The summed E-state index contributed by atoms with van der Waals surface area (Å²) in [6.07, 6.45) is 6.02. The minimum absolute atomic E-state index is 0.128. The van der Waals surface area contributed by atoms with E-state index in [0.29, 0.717) is 60.2 Å². The maximum absolute atomic E-state index is 13.0. The molecule has 2 aliphatic heterocycles. The molecule has 0 saturated carbocycles. The molecule has 32 heavy (non-hydrogen) atoms. The number of ether oxygens (including phenoxy) is 3. The van der Waals surface area contributed by atoms with Crippen molar-refractivity contribution in [2.24, 2.45) is 0 Å². The lowest BCUT2D eigenvalue weighted by Crippen LogP contribution is -2.22. The summed E-state index contributed by atoms with van der Waals surface area (Å²) < 4.78 is 17.5. The summed E-state index contributed by atoms with van der Waals surface area (Å²) in [6, 6.07) is 5.37. The number of rotatable bonds is 6. The number of cyclic esters (lactones) is 1. The highest BCUT2D eigenvalue weighted by Crippen LogP contribution is 2.32. The Morgan fingerprint density at radius 1 is 1.19 bits per heavy atom. The Balaban J connectivity index is 1.36. The molecule has 2 aliphatic rings. The van der Waals surface area contributed by atoms with E-state index < -0.39 is 0 Å². The van der Waals surface area contributed by atoms with Crippen LogP contribution in [0.2, 0.25) is 0 Å².